The molecule has 0 spiro atoms. The number of hydrogen-bond donors (Lipinski definition) is 2. The number of aromatic amines is 1. The molecule has 2 aromatic heterocycles. The number of fused-ring (bicyclic) bond motifs is 3. The molecule has 2 N–H and O–H groups in total. The molecule has 1 fully saturated rings. The van der Waals surface area contributed by atoms with Gasteiger partial charge in [0.1, 0.15) is 11.4 Å². The van der Waals surface area contributed by atoms with E-state index in [0.29, 0.717) is 24.7 Å². The Kier molecular flexibility index (Phi) is 8.24. The summed E-state index contributed by atoms with van der Waals surface area (Å²) >= 11 is 6.14. The van der Waals surface area contributed by atoms with Crippen LogP contribution in [0.3, 0.4) is 0 Å². The summed E-state index contributed by atoms with van der Waals surface area (Å²) in [6.07, 6.45) is -2.12. The first-order valence-corrected chi connectivity index (χ1v) is 12.3. The van der Waals surface area contributed by atoms with Gasteiger partial charge in [0.05, 0.1) is 42.6 Å². The van der Waals surface area contributed by atoms with E-state index in [4.69, 9.17) is 16.3 Å². The van der Waals surface area contributed by atoms with Crippen molar-refractivity contribution in [3.8, 4) is 0 Å². The normalized spacial score (nSPS) is 19.1. The molecule has 2 aromatic rings. The predicted molar refractivity (Wildman–Crippen MR) is 132 cm³/mol. The molecular weight excluding hydrogens is 515 g/mol. The van der Waals surface area contributed by atoms with Crippen LogP contribution in [0.5, 0.6) is 0 Å². The lowest BCUT2D eigenvalue weighted by molar-refractivity contribution is -0.138. The number of H-pyrrole nitrogens is 1. The molecule has 0 unspecified atom stereocenters. The predicted octanol–water partition coefficient (Wildman–Crippen LogP) is 2.21. The fraction of sp³-hybridized carbons (Fsp3) is 0.565. The van der Waals surface area contributed by atoms with E-state index in [2.05, 4.69) is 25.2 Å². The highest BCUT2D eigenvalue weighted by Crippen LogP contribution is 2.32. The largest absolute Gasteiger partial charge is 0.423 e. The third-order valence-electron chi connectivity index (χ3n) is 6.35. The number of alkyl halides is 3. The van der Waals surface area contributed by atoms with Crippen molar-refractivity contribution in [1.29, 1.82) is 0 Å². The number of carbonyl (C=O) groups is 1. The van der Waals surface area contributed by atoms with Gasteiger partial charge in [-0.15, -0.1) is 0 Å². The Hall–Kier alpha value is -2.90. The summed E-state index contributed by atoms with van der Waals surface area (Å²) < 4.78 is 45.1. The average Bonchev–Trinajstić information content (AvgIpc) is 2.94. The monoisotopic (exact) mass is 543 g/mol. The summed E-state index contributed by atoms with van der Waals surface area (Å²) in [5.74, 6) is 0.856. The van der Waals surface area contributed by atoms with Crippen LogP contribution in [0.4, 0.5) is 24.7 Å². The average molecular weight is 544 g/mol. The van der Waals surface area contributed by atoms with E-state index in [1.807, 2.05) is 18.0 Å². The van der Waals surface area contributed by atoms with Crippen LogP contribution in [-0.2, 0) is 22.3 Å². The van der Waals surface area contributed by atoms with Gasteiger partial charge in [0, 0.05) is 50.5 Å². The van der Waals surface area contributed by atoms with E-state index in [1.165, 1.54) is 0 Å². The number of amides is 1. The molecule has 1 amide bonds. The van der Waals surface area contributed by atoms with Gasteiger partial charge in [-0.05, 0) is 20.0 Å². The molecule has 2 aliphatic rings. The van der Waals surface area contributed by atoms with Crippen LogP contribution in [-0.4, -0.2) is 89.4 Å². The Morgan fingerprint density at radius 2 is 2.11 bits per heavy atom. The Bertz CT molecular complexity index is 1180. The molecule has 0 radical (unpaired) electrons. The molecule has 14 heteroatoms. The van der Waals surface area contributed by atoms with Crippen LogP contribution in [0.2, 0.25) is 5.02 Å². The van der Waals surface area contributed by atoms with Gasteiger partial charge >= 0.3 is 6.18 Å². The first-order valence-electron chi connectivity index (χ1n) is 11.9. The zero-order valence-electron chi connectivity index (χ0n) is 20.5. The van der Waals surface area contributed by atoms with Gasteiger partial charge < -0.3 is 19.9 Å². The maximum atomic E-state index is 13.2. The Morgan fingerprint density at radius 1 is 1.32 bits per heavy atom. The zero-order valence-corrected chi connectivity index (χ0v) is 21.3. The van der Waals surface area contributed by atoms with Crippen molar-refractivity contribution >= 4 is 29.0 Å². The molecule has 10 nitrogen and oxygen atoms in total. The third-order valence-corrected chi connectivity index (χ3v) is 6.56. The molecule has 4 rings (SSSR count). The van der Waals surface area contributed by atoms with Crippen LogP contribution >= 0.6 is 11.6 Å². The lowest BCUT2D eigenvalue weighted by Crippen LogP contribution is -2.57. The van der Waals surface area contributed by atoms with Crippen molar-refractivity contribution in [2.45, 2.75) is 38.1 Å². The second kappa shape index (κ2) is 11.2. The fourth-order valence-corrected chi connectivity index (χ4v) is 4.94. The number of nitrogens with zero attached hydrogens (tertiary/aromatic N) is 5. The minimum atomic E-state index is -4.83. The SMILES string of the molecule is C[C@@H](COCCC(=O)N1CCN2c3ncc(Cl)cc3CN(C)C[C@H]2C1)Nc1cn[nH]c(=O)c1C(F)(F)F. The van der Waals surface area contributed by atoms with Crippen LogP contribution in [0.25, 0.3) is 0 Å². The van der Waals surface area contributed by atoms with Crippen LogP contribution in [0.1, 0.15) is 24.5 Å². The number of piperazine rings is 1. The highest BCUT2D eigenvalue weighted by atomic mass is 35.5. The van der Waals surface area contributed by atoms with Crippen LogP contribution in [0, 0.1) is 0 Å². The molecular formula is C23H29ClF3N7O3. The minimum absolute atomic E-state index is 0.0452. The van der Waals surface area contributed by atoms with Gasteiger partial charge in [-0.3, -0.25) is 14.5 Å². The smallest absolute Gasteiger partial charge is 0.379 e. The maximum absolute atomic E-state index is 13.2. The molecule has 202 valence electrons. The van der Waals surface area contributed by atoms with Gasteiger partial charge in [-0.1, -0.05) is 11.6 Å². The second-order valence-electron chi connectivity index (χ2n) is 9.38. The van der Waals surface area contributed by atoms with E-state index in [0.717, 1.165) is 30.7 Å². The molecule has 2 atom stereocenters. The third kappa shape index (κ3) is 6.51. The van der Waals surface area contributed by atoms with Gasteiger partial charge in [0.15, 0.2) is 0 Å². The van der Waals surface area contributed by atoms with Gasteiger partial charge in [0.25, 0.3) is 5.56 Å². The van der Waals surface area contributed by atoms with Crippen LogP contribution in [0.15, 0.2) is 23.3 Å². The molecule has 4 heterocycles. The summed E-state index contributed by atoms with van der Waals surface area (Å²) in [5.41, 5.74) is -2.02. The lowest BCUT2D eigenvalue weighted by Gasteiger charge is -2.42. The van der Waals surface area contributed by atoms with Crippen molar-refractivity contribution < 1.29 is 22.7 Å². The number of carbonyl (C=O) groups excluding carboxylic acids is 1. The molecule has 0 aromatic carbocycles. The standard InChI is InChI=1S/C23H29ClF3N7O3/c1-14(30-18-9-29-31-22(36)20(18)23(25,26)27)13-37-6-3-19(35)33-4-5-34-17(12-33)11-32(2)10-15-7-16(24)8-28-21(15)34/h7-9,14,17H,3-6,10-13H2,1-2H3,(H2,30,31,36)/t14-,17-/m0/s1. The number of ether oxygens (including phenoxy) is 1. The molecule has 2 aliphatic heterocycles. The fourth-order valence-electron chi connectivity index (χ4n) is 4.75. The number of halogens is 4. The summed E-state index contributed by atoms with van der Waals surface area (Å²) in [5, 5.41) is 8.44. The van der Waals surface area contributed by atoms with E-state index in [-0.39, 0.29) is 31.6 Å². The molecule has 0 aliphatic carbocycles. The van der Waals surface area contributed by atoms with Crippen molar-refractivity contribution in [1.82, 2.24) is 25.0 Å². The first kappa shape index (κ1) is 27.1. The van der Waals surface area contributed by atoms with E-state index < -0.39 is 29.0 Å². The molecule has 0 bridgehead atoms. The highest BCUT2D eigenvalue weighted by molar-refractivity contribution is 6.30. The van der Waals surface area contributed by atoms with Crippen LogP contribution < -0.4 is 15.8 Å². The van der Waals surface area contributed by atoms with E-state index >= 15 is 0 Å². The maximum Gasteiger partial charge on any atom is 0.423 e. The molecule has 37 heavy (non-hydrogen) atoms. The van der Waals surface area contributed by atoms with E-state index in [9.17, 15) is 22.8 Å². The summed E-state index contributed by atoms with van der Waals surface area (Å²) in [7, 11) is 2.03. The quantitative estimate of drug-likeness (QED) is 0.512. The number of rotatable bonds is 7. The minimum Gasteiger partial charge on any atom is -0.379 e. The first-order chi connectivity index (χ1) is 17.5. The zero-order chi connectivity index (χ0) is 26.7. The highest BCUT2D eigenvalue weighted by Gasteiger charge is 2.38. The molecule has 1 saturated heterocycles. The summed E-state index contributed by atoms with van der Waals surface area (Å²) in [6, 6.07) is 1.48. The molecule has 0 saturated carbocycles. The number of likely N-dealkylation sites (N-methyl/N-ethyl adjacent to an activating group) is 1. The lowest BCUT2D eigenvalue weighted by atomic mass is 10.1. The number of hydrogen-bond acceptors (Lipinski definition) is 8. The number of anilines is 2. The van der Waals surface area contributed by atoms with E-state index in [1.54, 1.807) is 18.2 Å². The number of aromatic nitrogens is 3. The second-order valence-corrected chi connectivity index (χ2v) is 9.81. The van der Waals surface area contributed by atoms with Crippen molar-refractivity contribution in [3.05, 3.63) is 45.0 Å². The van der Waals surface area contributed by atoms with Crippen molar-refractivity contribution in [2.24, 2.45) is 0 Å². The van der Waals surface area contributed by atoms with Crippen molar-refractivity contribution in [2.75, 3.05) is 56.7 Å². The summed E-state index contributed by atoms with van der Waals surface area (Å²) in [4.78, 5) is 35.2. The van der Waals surface area contributed by atoms with Gasteiger partial charge in [-0.2, -0.15) is 18.3 Å². The van der Waals surface area contributed by atoms with Crippen molar-refractivity contribution in [3.63, 3.8) is 0 Å². The number of pyridine rings is 1. The Morgan fingerprint density at radius 3 is 2.86 bits per heavy atom. The number of nitrogens with one attached hydrogen (secondary N) is 2. The Labute approximate surface area is 216 Å². The van der Waals surface area contributed by atoms with Gasteiger partial charge in [0.2, 0.25) is 5.91 Å². The Balaban J connectivity index is 1.26. The topological polar surface area (TPSA) is 107 Å². The summed E-state index contributed by atoms with van der Waals surface area (Å²) in [6.45, 7) is 5.04. The van der Waals surface area contributed by atoms with Gasteiger partial charge in [-0.25, -0.2) is 10.1 Å².